The number of alkyl halides is 3. The summed E-state index contributed by atoms with van der Waals surface area (Å²) < 4.78 is 64.8. The van der Waals surface area contributed by atoms with Crippen molar-refractivity contribution in [1.29, 1.82) is 0 Å². The summed E-state index contributed by atoms with van der Waals surface area (Å²) in [5.74, 6) is -0.960. The first kappa shape index (κ1) is 31.7. The maximum Gasteiger partial charge on any atom is 0.283 e. The Balaban J connectivity index is 1.77. The number of carbonyl (C=O) groups excluding carboxylic acids is 2. The van der Waals surface area contributed by atoms with Crippen molar-refractivity contribution in [3.05, 3.63) is 48.3 Å². The van der Waals surface area contributed by atoms with Gasteiger partial charge >= 0.3 is 0 Å². The fraction of sp³-hybridized carbons (Fsp3) is 0.423. The normalized spacial score (nSPS) is 19.1. The minimum absolute atomic E-state index is 0.00654. The van der Waals surface area contributed by atoms with Crippen molar-refractivity contribution in [2.45, 2.75) is 50.8 Å². The third-order valence-electron chi connectivity index (χ3n) is 7.31. The maximum absolute atomic E-state index is 14.9. The minimum Gasteiger partial charge on any atom is -0.481 e. The molecule has 10 nitrogen and oxygen atoms in total. The van der Waals surface area contributed by atoms with Crippen LogP contribution in [0.4, 0.5) is 23.4 Å². The summed E-state index contributed by atoms with van der Waals surface area (Å²) in [5.41, 5.74) is -1.35. The first-order valence-electron chi connectivity index (χ1n) is 12.9. The number of amides is 2. The lowest BCUT2D eigenvalue weighted by molar-refractivity contribution is -0.145. The van der Waals surface area contributed by atoms with Gasteiger partial charge in [0.15, 0.2) is 22.4 Å². The van der Waals surface area contributed by atoms with Crippen molar-refractivity contribution >= 4 is 36.1 Å². The number of hydrazine groups is 1. The zero-order valence-electron chi connectivity index (χ0n) is 23.2. The molecular formula is C26H31F4N7O3P2. The second-order valence-corrected chi connectivity index (χ2v) is 12.8. The topological polar surface area (TPSA) is 128 Å². The van der Waals surface area contributed by atoms with Gasteiger partial charge in [0.25, 0.3) is 5.92 Å². The van der Waals surface area contributed by atoms with Crippen LogP contribution in [0, 0.1) is 17.7 Å². The summed E-state index contributed by atoms with van der Waals surface area (Å²) in [7, 11) is 3.90. The SMILES string of the molecule is CCC(C)(Oc1cc(F)cc(-c2cc(NC(=O)[C@H]3CN(N)C(=O)[C@@H]3C)nn2-c2cnc(C(F)(P)P)nc2)c1)C(C)(F)F. The van der Waals surface area contributed by atoms with Gasteiger partial charge in [0.2, 0.25) is 11.8 Å². The lowest BCUT2D eigenvalue weighted by Gasteiger charge is -2.35. The third kappa shape index (κ3) is 6.40. The van der Waals surface area contributed by atoms with Crippen LogP contribution in [0.1, 0.15) is 39.9 Å². The number of nitrogens with one attached hydrogen (secondary N) is 1. The van der Waals surface area contributed by atoms with Crippen molar-refractivity contribution in [3.8, 4) is 22.7 Å². The molecule has 226 valence electrons. The van der Waals surface area contributed by atoms with Gasteiger partial charge in [-0.3, -0.25) is 14.6 Å². The molecule has 5 atom stereocenters. The van der Waals surface area contributed by atoms with Gasteiger partial charge in [-0.2, -0.15) is 0 Å². The Hall–Kier alpha value is -3.21. The first-order chi connectivity index (χ1) is 19.4. The van der Waals surface area contributed by atoms with E-state index in [9.17, 15) is 27.2 Å². The van der Waals surface area contributed by atoms with E-state index in [4.69, 9.17) is 10.6 Å². The number of nitrogens with zero attached hydrogens (tertiary/aromatic N) is 5. The van der Waals surface area contributed by atoms with Crippen LogP contribution in [-0.4, -0.2) is 54.6 Å². The van der Waals surface area contributed by atoms with Crippen molar-refractivity contribution in [2.24, 2.45) is 17.7 Å². The zero-order chi connectivity index (χ0) is 31.2. The molecule has 1 aromatic carbocycles. The zero-order valence-corrected chi connectivity index (χ0v) is 25.5. The number of anilines is 1. The molecule has 0 bridgehead atoms. The monoisotopic (exact) mass is 627 g/mol. The largest absolute Gasteiger partial charge is 0.481 e. The minimum atomic E-state index is -3.24. The number of halogens is 4. The van der Waals surface area contributed by atoms with Crippen LogP contribution in [0.15, 0.2) is 36.7 Å². The number of ether oxygens (including phenoxy) is 1. The Bertz CT molecular complexity index is 1490. The molecule has 3 N–H and O–H groups in total. The molecule has 1 fully saturated rings. The Morgan fingerprint density at radius 3 is 2.33 bits per heavy atom. The predicted molar refractivity (Wildman–Crippen MR) is 154 cm³/mol. The van der Waals surface area contributed by atoms with Gasteiger partial charge in [-0.15, -0.1) is 5.10 Å². The number of rotatable bonds is 9. The Labute approximate surface area is 244 Å². The number of nitrogens with two attached hydrogens (primary N) is 1. The highest BCUT2D eigenvalue weighted by molar-refractivity contribution is 7.38. The smallest absolute Gasteiger partial charge is 0.283 e. The van der Waals surface area contributed by atoms with Crippen LogP contribution in [-0.2, 0) is 14.7 Å². The van der Waals surface area contributed by atoms with Crippen LogP contribution in [0.2, 0.25) is 0 Å². The fourth-order valence-corrected chi connectivity index (χ4v) is 4.70. The number of hydrogen-bond acceptors (Lipinski definition) is 7. The van der Waals surface area contributed by atoms with Crippen LogP contribution in [0.5, 0.6) is 5.75 Å². The van der Waals surface area contributed by atoms with E-state index in [0.717, 1.165) is 24.1 Å². The van der Waals surface area contributed by atoms with Gasteiger partial charge in [0.05, 0.1) is 29.9 Å². The molecule has 4 rings (SSSR count). The van der Waals surface area contributed by atoms with Crippen LogP contribution < -0.4 is 15.9 Å². The molecule has 3 unspecified atom stereocenters. The molecule has 16 heteroatoms. The summed E-state index contributed by atoms with van der Waals surface area (Å²) in [4.78, 5) is 33.2. The molecule has 0 aliphatic carbocycles. The van der Waals surface area contributed by atoms with Gasteiger partial charge in [-0.25, -0.2) is 38.1 Å². The molecule has 2 amide bonds. The summed E-state index contributed by atoms with van der Waals surface area (Å²) in [6.07, 6.45) is 2.49. The van der Waals surface area contributed by atoms with Gasteiger partial charge < -0.3 is 10.1 Å². The highest BCUT2D eigenvalue weighted by atomic mass is 31.1. The second-order valence-electron chi connectivity index (χ2n) is 10.5. The highest BCUT2D eigenvalue weighted by Gasteiger charge is 2.47. The first-order valence-corrected chi connectivity index (χ1v) is 14.0. The molecule has 0 saturated carbocycles. The molecule has 2 aromatic heterocycles. The van der Waals surface area contributed by atoms with Crippen molar-refractivity contribution < 1.29 is 31.9 Å². The molecule has 1 aliphatic heterocycles. The molecule has 1 aliphatic rings. The van der Waals surface area contributed by atoms with E-state index in [1.807, 2.05) is 18.5 Å². The summed E-state index contributed by atoms with van der Waals surface area (Å²) >= 11 is 0. The number of aromatic nitrogens is 4. The number of benzene rings is 1. The lowest BCUT2D eigenvalue weighted by Crippen LogP contribution is -2.47. The molecular weight excluding hydrogens is 596 g/mol. The third-order valence-corrected chi connectivity index (χ3v) is 7.82. The molecule has 1 saturated heterocycles. The van der Waals surface area contributed by atoms with Crippen LogP contribution in [0.25, 0.3) is 16.9 Å². The van der Waals surface area contributed by atoms with Crippen molar-refractivity contribution in [2.75, 3.05) is 11.9 Å². The van der Waals surface area contributed by atoms with E-state index in [1.54, 1.807) is 6.92 Å². The number of carbonyl (C=O) groups is 2. The van der Waals surface area contributed by atoms with Gasteiger partial charge in [0, 0.05) is 31.2 Å². The summed E-state index contributed by atoms with van der Waals surface area (Å²) in [5, 5.41) is 6.03. The quantitative estimate of drug-likeness (QED) is 0.156. The Kier molecular flexibility index (Phi) is 8.66. The average molecular weight is 628 g/mol. The second kappa shape index (κ2) is 11.5. The van der Waals surface area contributed by atoms with E-state index >= 15 is 0 Å². The van der Waals surface area contributed by atoms with Crippen molar-refractivity contribution in [1.82, 2.24) is 24.8 Å². The van der Waals surface area contributed by atoms with E-state index in [-0.39, 0.29) is 53.2 Å². The van der Waals surface area contributed by atoms with Gasteiger partial charge in [-0.1, -0.05) is 32.3 Å². The van der Waals surface area contributed by atoms with Crippen molar-refractivity contribution in [3.63, 3.8) is 0 Å². The van der Waals surface area contributed by atoms with Crippen LogP contribution >= 0.6 is 18.5 Å². The maximum atomic E-state index is 14.9. The summed E-state index contributed by atoms with van der Waals surface area (Å²) in [6.45, 7) is 5.08. The van der Waals surface area contributed by atoms with E-state index in [1.165, 1.54) is 43.1 Å². The van der Waals surface area contributed by atoms with Gasteiger partial charge in [0.1, 0.15) is 17.3 Å². The molecule has 42 heavy (non-hydrogen) atoms. The Morgan fingerprint density at radius 2 is 1.81 bits per heavy atom. The fourth-order valence-electron chi connectivity index (χ4n) is 4.40. The Morgan fingerprint density at radius 1 is 1.17 bits per heavy atom. The van der Waals surface area contributed by atoms with Crippen LogP contribution in [0.3, 0.4) is 0 Å². The van der Waals surface area contributed by atoms with E-state index in [0.29, 0.717) is 0 Å². The number of hydrogen-bond donors (Lipinski definition) is 2. The van der Waals surface area contributed by atoms with E-state index < -0.39 is 40.2 Å². The highest BCUT2D eigenvalue weighted by Crippen LogP contribution is 2.39. The molecule has 3 aromatic rings. The predicted octanol–water partition coefficient (Wildman–Crippen LogP) is 4.41. The summed E-state index contributed by atoms with van der Waals surface area (Å²) in [6, 6.07) is 4.90. The standard InChI is InChI=1S/C26H31F4N7O3P2/c1-5-24(3,25(4,28)29)40-17-7-14(6-15(27)8-17)19-9-20(34-21(38)18-12-36(31)22(39)13(18)2)35-37(19)16-10-32-23(33-11-16)26(30,41)42/h6-11,13,18H,5,12,31,41-42H2,1-4H3,(H,34,35,38)/t13-,18+,24?/m1/s1. The average Bonchev–Trinajstić information content (AvgIpc) is 3.43. The van der Waals surface area contributed by atoms with E-state index in [2.05, 4.69) is 20.4 Å². The lowest BCUT2D eigenvalue weighted by atomic mass is 9.95. The molecule has 0 spiro atoms. The molecule has 3 heterocycles. The van der Waals surface area contributed by atoms with Gasteiger partial charge in [-0.05, 0) is 25.5 Å². The molecule has 0 radical (unpaired) electrons.